The molecule has 2 rings (SSSR count). The zero-order valence-corrected chi connectivity index (χ0v) is 11.8. The molecule has 1 heterocycles. The second-order valence-corrected chi connectivity index (χ2v) is 6.95. The summed E-state index contributed by atoms with van der Waals surface area (Å²) in [5, 5.41) is 0.164. The summed E-state index contributed by atoms with van der Waals surface area (Å²) >= 11 is 0. The fourth-order valence-electron chi connectivity index (χ4n) is 2.42. The maximum Gasteiger partial charge on any atom is 0.257 e. The predicted octanol–water partition coefficient (Wildman–Crippen LogP) is 1.97. The number of aromatic amines is 1. The normalized spacial score (nSPS) is 25.9. The van der Waals surface area contributed by atoms with E-state index in [-0.39, 0.29) is 11.1 Å². The fraction of sp³-hybridized carbons (Fsp3) is 0.750. The van der Waals surface area contributed by atoms with Crippen LogP contribution in [0.5, 0.6) is 0 Å². The van der Waals surface area contributed by atoms with E-state index < -0.39 is 10.0 Å². The largest absolute Gasteiger partial charge is 0.332 e. The lowest BCUT2D eigenvalue weighted by Crippen LogP contribution is -2.34. The Balaban J connectivity index is 2.04. The second-order valence-electron chi connectivity index (χ2n) is 5.26. The highest BCUT2D eigenvalue weighted by atomic mass is 32.2. The van der Waals surface area contributed by atoms with Gasteiger partial charge in [0.25, 0.3) is 10.0 Å². The molecule has 0 aliphatic heterocycles. The second kappa shape index (κ2) is 5.40. The van der Waals surface area contributed by atoms with Crippen molar-refractivity contribution >= 4 is 10.0 Å². The first kappa shape index (κ1) is 13.5. The van der Waals surface area contributed by atoms with Gasteiger partial charge in [0.2, 0.25) is 0 Å². The standard InChI is InChI=1S/C12H21N3O2S/c1-9-4-3-5-11(7-6-9)15-18(16,17)12-8-13-10(2)14-12/h8-9,11,15H,3-7H2,1-2H3,(H,13,14). The molecule has 1 aliphatic carbocycles. The van der Waals surface area contributed by atoms with Gasteiger partial charge < -0.3 is 4.98 Å². The number of aryl methyl sites for hydroxylation is 1. The fourth-order valence-corrected chi connectivity index (χ4v) is 3.70. The van der Waals surface area contributed by atoms with Crippen molar-refractivity contribution in [3.05, 3.63) is 12.0 Å². The third kappa shape index (κ3) is 3.32. The first-order valence-corrected chi connectivity index (χ1v) is 7.99. The third-order valence-corrected chi connectivity index (χ3v) is 4.98. The van der Waals surface area contributed by atoms with Crippen LogP contribution < -0.4 is 4.72 Å². The van der Waals surface area contributed by atoms with E-state index in [0.717, 1.165) is 25.7 Å². The number of sulfonamides is 1. The molecule has 2 N–H and O–H groups in total. The number of hydrogen-bond acceptors (Lipinski definition) is 3. The van der Waals surface area contributed by atoms with Crippen molar-refractivity contribution in [3.63, 3.8) is 0 Å². The van der Waals surface area contributed by atoms with Gasteiger partial charge in [0, 0.05) is 6.04 Å². The molecule has 2 unspecified atom stereocenters. The van der Waals surface area contributed by atoms with Crippen LogP contribution in [-0.4, -0.2) is 24.4 Å². The Morgan fingerprint density at radius 1 is 1.33 bits per heavy atom. The summed E-state index contributed by atoms with van der Waals surface area (Å²) in [6, 6.07) is 0.0588. The van der Waals surface area contributed by atoms with Crippen LogP contribution in [-0.2, 0) is 10.0 Å². The average molecular weight is 271 g/mol. The molecule has 1 aliphatic rings. The number of H-pyrrole nitrogens is 1. The Bertz CT molecular complexity index is 495. The first-order chi connectivity index (χ1) is 8.47. The molecule has 1 aromatic rings. The summed E-state index contributed by atoms with van der Waals surface area (Å²) in [5.74, 6) is 1.32. The third-order valence-electron chi connectivity index (χ3n) is 3.55. The number of nitrogens with one attached hydrogen (secondary N) is 2. The maximum atomic E-state index is 12.1. The van der Waals surface area contributed by atoms with Gasteiger partial charge >= 0.3 is 0 Å². The summed E-state index contributed by atoms with van der Waals surface area (Å²) in [6.07, 6.45) is 6.61. The van der Waals surface area contributed by atoms with Crippen LogP contribution >= 0.6 is 0 Å². The molecule has 102 valence electrons. The monoisotopic (exact) mass is 271 g/mol. The van der Waals surface area contributed by atoms with Gasteiger partial charge in [0.1, 0.15) is 5.82 Å². The van der Waals surface area contributed by atoms with E-state index in [4.69, 9.17) is 0 Å². The molecule has 0 aromatic carbocycles. The van der Waals surface area contributed by atoms with Crippen LogP contribution in [0.25, 0.3) is 0 Å². The van der Waals surface area contributed by atoms with Crippen LogP contribution in [0.3, 0.4) is 0 Å². The molecule has 1 saturated carbocycles. The summed E-state index contributed by atoms with van der Waals surface area (Å²) in [6.45, 7) is 3.97. The van der Waals surface area contributed by atoms with Crippen LogP contribution in [0.15, 0.2) is 11.2 Å². The lowest BCUT2D eigenvalue weighted by molar-refractivity contribution is 0.484. The summed E-state index contributed by atoms with van der Waals surface area (Å²) < 4.78 is 27.0. The van der Waals surface area contributed by atoms with Gasteiger partial charge in [-0.1, -0.05) is 19.8 Å². The zero-order chi connectivity index (χ0) is 13.2. The average Bonchev–Trinajstić information content (AvgIpc) is 2.63. The molecule has 0 spiro atoms. The molecule has 18 heavy (non-hydrogen) atoms. The van der Waals surface area contributed by atoms with E-state index in [2.05, 4.69) is 21.6 Å². The lowest BCUT2D eigenvalue weighted by Gasteiger charge is -2.15. The van der Waals surface area contributed by atoms with E-state index >= 15 is 0 Å². The van der Waals surface area contributed by atoms with Crippen LogP contribution in [0, 0.1) is 12.8 Å². The Hall–Kier alpha value is -0.880. The van der Waals surface area contributed by atoms with Crippen molar-refractivity contribution in [1.29, 1.82) is 0 Å². The highest BCUT2D eigenvalue weighted by Crippen LogP contribution is 2.23. The van der Waals surface area contributed by atoms with Crippen molar-refractivity contribution < 1.29 is 8.42 Å². The molecule has 0 bridgehead atoms. The Morgan fingerprint density at radius 3 is 2.78 bits per heavy atom. The molecule has 0 saturated heterocycles. The topological polar surface area (TPSA) is 74.8 Å². The van der Waals surface area contributed by atoms with E-state index in [1.54, 1.807) is 6.92 Å². The molecule has 5 nitrogen and oxygen atoms in total. The van der Waals surface area contributed by atoms with Gasteiger partial charge in [0.05, 0.1) is 6.20 Å². The van der Waals surface area contributed by atoms with Crippen LogP contribution in [0.4, 0.5) is 0 Å². The SMILES string of the molecule is Cc1ncc(S(=O)(=O)NC2CCCC(C)CC2)[nH]1. The van der Waals surface area contributed by atoms with E-state index in [1.165, 1.54) is 12.6 Å². The van der Waals surface area contributed by atoms with Crippen molar-refractivity contribution in [2.45, 2.75) is 57.0 Å². The van der Waals surface area contributed by atoms with Crippen molar-refractivity contribution in [3.8, 4) is 0 Å². The molecular formula is C12H21N3O2S. The van der Waals surface area contributed by atoms with E-state index in [1.807, 2.05) is 0 Å². The Morgan fingerprint density at radius 2 is 2.11 bits per heavy atom. The molecule has 0 amide bonds. The number of hydrogen-bond donors (Lipinski definition) is 2. The number of nitrogens with zero attached hydrogens (tertiary/aromatic N) is 1. The van der Waals surface area contributed by atoms with E-state index in [9.17, 15) is 8.42 Å². The van der Waals surface area contributed by atoms with Crippen molar-refractivity contribution in [2.75, 3.05) is 0 Å². The Labute approximate surface area is 108 Å². The Kier molecular flexibility index (Phi) is 4.07. The quantitative estimate of drug-likeness (QED) is 0.825. The minimum atomic E-state index is -3.44. The number of aromatic nitrogens is 2. The van der Waals surface area contributed by atoms with Gasteiger partial charge in [-0.15, -0.1) is 0 Å². The summed E-state index contributed by atoms with van der Waals surface area (Å²) in [4.78, 5) is 6.70. The molecule has 1 fully saturated rings. The zero-order valence-electron chi connectivity index (χ0n) is 10.9. The number of rotatable bonds is 3. The van der Waals surface area contributed by atoms with Gasteiger partial charge in [0.15, 0.2) is 5.03 Å². The van der Waals surface area contributed by atoms with Crippen LogP contribution in [0.1, 0.15) is 44.9 Å². The maximum absolute atomic E-state index is 12.1. The van der Waals surface area contributed by atoms with E-state index in [0.29, 0.717) is 11.7 Å². The van der Waals surface area contributed by atoms with Gasteiger partial charge in [-0.3, -0.25) is 0 Å². The smallest absolute Gasteiger partial charge is 0.257 e. The highest BCUT2D eigenvalue weighted by Gasteiger charge is 2.23. The summed E-state index contributed by atoms with van der Waals surface area (Å²) in [7, 11) is -3.44. The lowest BCUT2D eigenvalue weighted by atomic mass is 10.0. The van der Waals surface area contributed by atoms with Crippen molar-refractivity contribution in [2.24, 2.45) is 5.92 Å². The molecule has 2 atom stereocenters. The number of imidazole rings is 1. The molecule has 6 heteroatoms. The summed E-state index contributed by atoms with van der Waals surface area (Å²) in [5.41, 5.74) is 0. The van der Waals surface area contributed by atoms with Crippen LogP contribution in [0.2, 0.25) is 0 Å². The minimum Gasteiger partial charge on any atom is -0.332 e. The first-order valence-electron chi connectivity index (χ1n) is 6.51. The van der Waals surface area contributed by atoms with Gasteiger partial charge in [-0.2, -0.15) is 0 Å². The molecule has 1 aromatic heterocycles. The predicted molar refractivity (Wildman–Crippen MR) is 69.7 cm³/mol. The molecule has 0 radical (unpaired) electrons. The minimum absolute atomic E-state index is 0.0588. The van der Waals surface area contributed by atoms with Gasteiger partial charge in [-0.05, 0) is 32.1 Å². The van der Waals surface area contributed by atoms with Gasteiger partial charge in [-0.25, -0.2) is 18.1 Å². The van der Waals surface area contributed by atoms with Crippen molar-refractivity contribution in [1.82, 2.24) is 14.7 Å². The highest BCUT2D eigenvalue weighted by molar-refractivity contribution is 7.89. The molecular weight excluding hydrogens is 250 g/mol.